The zero-order valence-corrected chi connectivity index (χ0v) is 10.4. The first-order valence-electron chi connectivity index (χ1n) is 4.97. The molecule has 0 unspecified atom stereocenters. The van der Waals surface area contributed by atoms with Crippen molar-refractivity contribution in [3.05, 3.63) is 60.2 Å². The lowest BCUT2D eigenvalue weighted by Crippen LogP contribution is -1.84. The van der Waals surface area contributed by atoms with E-state index in [1.54, 1.807) is 0 Å². The van der Waals surface area contributed by atoms with Crippen molar-refractivity contribution in [2.24, 2.45) is 0 Å². The van der Waals surface area contributed by atoms with Gasteiger partial charge in [0.25, 0.3) is 0 Å². The van der Waals surface area contributed by atoms with Gasteiger partial charge < -0.3 is 4.74 Å². The fraction of sp³-hybridized carbons (Fsp3) is 0.0769. The van der Waals surface area contributed by atoms with Crippen molar-refractivity contribution in [3.63, 3.8) is 0 Å². The van der Waals surface area contributed by atoms with Gasteiger partial charge in [-0.2, -0.15) is 0 Å². The minimum absolute atomic E-state index is 0.860. The van der Waals surface area contributed by atoms with E-state index in [-0.39, 0.29) is 0 Å². The number of ether oxygens (including phenoxy) is 1. The molecular formula is C13H12OS2. The van der Waals surface area contributed by atoms with Gasteiger partial charge in [0.2, 0.25) is 0 Å². The van der Waals surface area contributed by atoms with E-state index in [4.69, 9.17) is 4.74 Å². The normalized spacial score (nSPS) is 10.1. The Morgan fingerprint density at radius 3 is 2.12 bits per heavy atom. The Morgan fingerprint density at radius 1 is 0.875 bits per heavy atom. The maximum absolute atomic E-state index is 5.69. The van der Waals surface area contributed by atoms with E-state index >= 15 is 0 Å². The quantitative estimate of drug-likeness (QED) is 0.627. The molecule has 0 saturated heterocycles. The van der Waals surface area contributed by atoms with Crippen LogP contribution in [0.5, 0.6) is 11.5 Å². The van der Waals surface area contributed by atoms with Gasteiger partial charge in [-0.3, -0.25) is 0 Å². The number of hydrogen-bond donors (Lipinski definition) is 1. The van der Waals surface area contributed by atoms with Crippen LogP contribution in [0.2, 0.25) is 0 Å². The highest BCUT2D eigenvalue weighted by Crippen LogP contribution is 2.23. The maximum Gasteiger partial charge on any atom is 0.127 e. The van der Waals surface area contributed by atoms with Crippen molar-refractivity contribution in [1.29, 1.82) is 0 Å². The average molecular weight is 248 g/mol. The van der Waals surface area contributed by atoms with Gasteiger partial charge in [-0.05, 0) is 29.8 Å². The lowest BCUT2D eigenvalue weighted by atomic mass is 10.2. The third kappa shape index (κ3) is 3.22. The largest absolute Gasteiger partial charge is 0.457 e. The fourth-order valence-corrected chi connectivity index (χ4v) is 2.14. The maximum atomic E-state index is 5.69. The number of hydrogen-bond acceptors (Lipinski definition) is 3. The summed E-state index contributed by atoms with van der Waals surface area (Å²) >= 11 is 4.12. The summed E-state index contributed by atoms with van der Waals surface area (Å²) in [6.07, 6.45) is 0. The van der Waals surface area contributed by atoms with Gasteiger partial charge in [-0.25, -0.2) is 0 Å². The van der Waals surface area contributed by atoms with Crippen LogP contribution in [0, 0.1) is 0 Å². The fourth-order valence-electron chi connectivity index (χ4n) is 1.35. The van der Waals surface area contributed by atoms with Crippen LogP contribution in [0.15, 0.2) is 54.6 Å². The Kier molecular flexibility index (Phi) is 4.19. The molecule has 2 aromatic carbocycles. The molecule has 0 N–H and O–H groups in total. The van der Waals surface area contributed by atoms with Crippen LogP contribution in [0.3, 0.4) is 0 Å². The molecule has 0 aliphatic carbocycles. The molecule has 0 aliphatic heterocycles. The SMILES string of the molecule is SSCc1ccc(Oc2ccccc2)cc1. The lowest BCUT2D eigenvalue weighted by molar-refractivity contribution is 0.482. The van der Waals surface area contributed by atoms with Crippen molar-refractivity contribution in [3.8, 4) is 11.5 Å². The summed E-state index contributed by atoms with van der Waals surface area (Å²) in [5, 5.41) is 0. The minimum Gasteiger partial charge on any atom is -0.457 e. The Labute approximate surface area is 105 Å². The molecule has 0 spiro atoms. The van der Waals surface area contributed by atoms with Gasteiger partial charge in [0.15, 0.2) is 0 Å². The van der Waals surface area contributed by atoms with E-state index in [0.29, 0.717) is 0 Å². The summed E-state index contributed by atoms with van der Waals surface area (Å²) in [4.78, 5) is 0. The molecular weight excluding hydrogens is 236 g/mol. The highest BCUT2D eigenvalue weighted by Gasteiger charge is 1.96. The number of rotatable bonds is 4. The Morgan fingerprint density at radius 2 is 1.50 bits per heavy atom. The average Bonchev–Trinajstić information content (AvgIpc) is 2.33. The van der Waals surface area contributed by atoms with Gasteiger partial charge >= 0.3 is 0 Å². The first-order chi connectivity index (χ1) is 7.88. The van der Waals surface area contributed by atoms with Gasteiger partial charge in [0, 0.05) is 5.75 Å². The molecule has 0 aliphatic rings. The lowest BCUT2D eigenvalue weighted by Gasteiger charge is -2.05. The second kappa shape index (κ2) is 5.87. The minimum atomic E-state index is 0.860. The summed E-state index contributed by atoms with van der Waals surface area (Å²) in [5.41, 5.74) is 1.25. The standard InChI is InChI=1S/C13H12OS2/c15-16-10-11-6-8-13(9-7-11)14-12-4-2-1-3-5-12/h1-9,15H,10H2. The van der Waals surface area contributed by atoms with Crippen LogP contribution >= 0.6 is 22.5 Å². The first-order valence-corrected chi connectivity index (χ1v) is 7.00. The van der Waals surface area contributed by atoms with Crippen LogP contribution in [0.4, 0.5) is 0 Å². The number of para-hydroxylation sites is 1. The molecule has 16 heavy (non-hydrogen) atoms. The summed E-state index contributed by atoms with van der Waals surface area (Å²) < 4.78 is 5.69. The van der Waals surface area contributed by atoms with Gasteiger partial charge in [0.1, 0.15) is 11.5 Å². The predicted molar refractivity (Wildman–Crippen MR) is 73.2 cm³/mol. The van der Waals surface area contributed by atoms with Crippen molar-refractivity contribution in [2.45, 2.75) is 5.75 Å². The zero-order chi connectivity index (χ0) is 11.2. The van der Waals surface area contributed by atoms with Crippen LogP contribution in [0.25, 0.3) is 0 Å². The van der Waals surface area contributed by atoms with E-state index in [1.807, 2.05) is 42.5 Å². The summed E-state index contributed by atoms with van der Waals surface area (Å²) in [5.74, 6) is 2.63. The summed E-state index contributed by atoms with van der Waals surface area (Å²) in [6.45, 7) is 0. The van der Waals surface area contributed by atoms with Crippen molar-refractivity contribution < 1.29 is 4.74 Å². The topological polar surface area (TPSA) is 9.23 Å². The predicted octanol–water partition coefficient (Wildman–Crippen LogP) is 4.56. The number of benzene rings is 2. The molecule has 0 bridgehead atoms. The molecule has 1 nitrogen and oxygen atoms in total. The molecule has 2 aromatic rings. The Bertz CT molecular complexity index is 425. The van der Waals surface area contributed by atoms with Crippen LogP contribution in [0.1, 0.15) is 5.56 Å². The van der Waals surface area contributed by atoms with Crippen molar-refractivity contribution in [2.75, 3.05) is 0 Å². The number of thiol groups is 1. The third-order valence-electron chi connectivity index (χ3n) is 2.13. The molecule has 0 aromatic heterocycles. The van der Waals surface area contributed by atoms with Crippen LogP contribution < -0.4 is 4.74 Å². The van der Waals surface area contributed by atoms with Crippen molar-refractivity contribution >= 4 is 22.5 Å². The first kappa shape index (κ1) is 11.4. The molecule has 82 valence electrons. The van der Waals surface area contributed by atoms with E-state index in [1.165, 1.54) is 16.4 Å². The molecule has 0 saturated carbocycles. The summed E-state index contributed by atoms with van der Waals surface area (Å²) in [6, 6.07) is 17.8. The molecule has 0 amide bonds. The molecule has 0 atom stereocenters. The van der Waals surface area contributed by atoms with E-state index in [9.17, 15) is 0 Å². The van der Waals surface area contributed by atoms with Gasteiger partial charge in [-0.15, -0.1) is 11.7 Å². The van der Waals surface area contributed by atoms with E-state index in [2.05, 4.69) is 23.8 Å². The molecule has 0 radical (unpaired) electrons. The van der Waals surface area contributed by atoms with Crippen molar-refractivity contribution in [1.82, 2.24) is 0 Å². The second-order valence-electron chi connectivity index (χ2n) is 3.33. The molecule has 0 heterocycles. The summed E-state index contributed by atoms with van der Waals surface area (Å²) in [7, 11) is 1.52. The third-order valence-corrected chi connectivity index (χ3v) is 2.98. The van der Waals surface area contributed by atoms with Gasteiger partial charge in [0.05, 0.1) is 0 Å². The second-order valence-corrected chi connectivity index (χ2v) is 4.65. The smallest absolute Gasteiger partial charge is 0.127 e. The zero-order valence-electron chi connectivity index (χ0n) is 8.67. The highest BCUT2D eigenvalue weighted by molar-refractivity contribution is 8.68. The van der Waals surface area contributed by atoms with E-state index in [0.717, 1.165) is 17.3 Å². The monoisotopic (exact) mass is 248 g/mol. The van der Waals surface area contributed by atoms with E-state index < -0.39 is 0 Å². The van der Waals surface area contributed by atoms with Crippen LogP contribution in [-0.2, 0) is 5.75 Å². The molecule has 0 fully saturated rings. The Hall–Kier alpha value is -1.06. The molecule has 2 rings (SSSR count). The Balaban J connectivity index is 2.05. The van der Waals surface area contributed by atoms with Crippen LogP contribution in [-0.4, -0.2) is 0 Å². The molecule has 3 heteroatoms. The van der Waals surface area contributed by atoms with Gasteiger partial charge in [-0.1, -0.05) is 41.1 Å². The highest BCUT2D eigenvalue weighted by atomic mass is 33.1.